The Morgan fingerprint density at radius 2 is 2.10 bits per heavy atom. The van der Waals surface area contributed by atoms with Crippen molar-refractivity contribution in [2.75, 3.05) is 11.4 Å². The first-order valence-corrected chi connectivity index (χ1v) is 7.08. The van der Waals surface area contributed by atoms with Gasteiger partial charge in [-0.25, -0.2) is 0 Å². The van der Waals surface area contributed by atoms with E-state index in [1.54, 1.807) is 45.9 Å². The summed E-state index contributed by atoms with van der Waals surface area (Å²) in [7, 11) is 0. The molecule has 0 fully saturated rings. The minimum Gasteiger partial charge on any atom is -0.476 e. The van der Waals surface area contributed by atoms with E-state index in [0.717, 1.165) is 0 Å². The van der Waals surface area contributed by atoms with E-state index in [0.29, 0.717) is 16.5 Å². The van der Waals surface area contributed by atoms with Gasteiger partial charge in [-0.15, -0.1) is 0 Å². The second-order valence-electron chi connectivity index (χ2n) is 5.65. The van der Waals surface area contributed by atoms with Crippen LogP contribution in [0.15, 0.2) is 18.2 Å². The summed E-state index contributed by atoms with van der Waals surface area (Å²) in [6.45, 7) is 6.67. The second kappa shape index (κ2) is 5.56. The van der Waals surface area contributed by atoms with Crippen molar-refractivity contribution in [1.29, 1.82) is 0 Å². The molecule has 0 saturated heterocycles. The number of anilines is 1. The highest BCUT2D eigenvalue weighted by Gasteiger charge is 2.41. The van der Waals surface area contributed by atoms with Crippen molar-refractivity contribution in [2.24, 2.45) is 0 Å². The molecule has 5 nitrogen and oxygen atoms in total. The number of ether oxygens (including phenoxy) is 2. The van der Waals surface area contributed by atoms with Crippen LogP contribution in [-0.2, 0) is 14.3 Å². The number of halogens is 1. The number of fused-ring (bicyclic) bond motifs is 1. The molecule has 0 bridgehead atoms. The summed E-state index contributed by atoms with van der Waals surface area (Å²) < 4.78 is 10.8. The molecule has 1 aliphatic heterocycles. The summed E-state index contributed by atoms with van der Waals surface area (Å²) in [5.41, 5.74) is -0.564. The van der Waals surface area contributed by atoms with Crippen LogP contribution in [0.3, 0.4) is 0 Å². The maximum Gasteiger partial charge on any atom is 0.326 e. The van der Waals surface area contributed by atoms with Crippen molar-refractivity contribution < 1.29 is 19.1 Å². The fraction of sp³-hybridized carbons (Fsp3) is 0.467. The molecule has 21 heavy (non-hydrogen) atoms. The zero-order valence-electron chi connectivity index (χ0n) is 12.5. The average molecular weight is 312 g/mol. The van der Waals surface area contributed by atoms with Crippen molar-refractivity contribution in [3.05, 3.63) is 23.2 Å². The molecule has 0 spiro atoms. The van der Waals surface area contributed by atoms with Crippen molar-refractivity contribution in [3.63, 3.8) is 0 Å². The van der Waals surface area contributed by atoms with Crippen molar-refractivity contribution in [3.8, 4) is 5.75 Å². The number of hydrogen-bond donors (Lipinski definition) is 0. The molecule has 0 radical (unpaired) electrons. The van der Waals surface area contributed by atoms with E-state index in [2.05, 4.69) is 0 Å². The summed E-state index contributed by atoms with van der Waals surface area (Å²) in [5.74, 6) is -0.263. The van der Waals surface area contributed by atoms with Crippen LogP contribution in [0.5, 0.6) is 5.75 Å². The van der Waals surface area contributed by atoms with Crippen LogP contribution in [0, 0.1) is 0 Å². The summed E-state index contributed by atoms with van der Waals surface area (Å²) in [5, 5.41) is 0.465. The number of benzene rings is 1. The Kier molecular flexibility index (Phi) is 4.14. The standard InChI is InChI=1S/C15H18ClNO4/c1-9(2)20-13(18)8-17-11-7-10(16)5-6-12(11)21-15(3,4)14(17)19/h5-7,9H,8H2,1-4H3. The van der Waals surface area contributed by atoms with Gasteiger partial charge in [0.2, 0.25) is 0 Å². The predicted octanol–water partition coefficient (Wildman–Crippen LogP) is 2.80. The quantitative estimate of drug-likeness (QED) is 0.805. The molecule has 0 aromatic heterocycles. The zero-order chi connectivity index (χ0) is 15.8. The Bertz CT molecular complexity index is 583. The van der Waals surface area contributed by atoms with Gasteiger partial charge in [-0.3, -0.25) is 14.5 Å². The molecule has 0 unspecified atom stereocenters. The normalized spacial score (nSPS) is 16.5. The van der Waals surface area contributed by atoms with Gasteiger partial charge in [0, 0.05) is 5.02 Å². The van der Waals surface area contributed by atoms with Gasteiger partial charge in [0.15, 0.2) is 5.60 Å². The molecule has 0 aliphatic carbocycles. The van der Waals surface area contributed by atoms with Gasteiger partial charge in [-0.1, -0.05) is 11.6 Å². The Morgan fingerprint density at radius 1 is 1.43 bits per heavy atom. The minimum atomic E-state index is -1.04. The van der Waals surface area contributed by atoms with E-state index in [1.165, 1.54) is 4.90 Å². The Hall–Kier alpha value is -1.75. The monoisotopic (exact) mass is 311 g/mol. The first kappa shape index (κ1) is 15.6. The Labute approximate surface area is 128 Å². The van der Waals surface area contributed by atoms with Gasteiger partial charge in [0.05, 0.1) is 11.8 Å². The average Bonchev–Trinajstić information content (AvgIpc) is 2.35. The molecular formula is C15H18ClNO4. The Morgan fingerprint density at radius 3 is 2.71 bits per heavy atom. The minimum absolute atomic E-state index is 0.169. The summed E-state index contributed by atoms with van der Waals surface area (Å²) in [4.78, 5) is 25.7. The number of hydrogen-bond acceptors (Lipinski definition) is 4. The third kappa shape index (κ3) is 3.29. The number of rotatable bonds is 3. The van der Waals surface area contributed by atoms with E-state index >= 15 is 0 Å². The molecule has 2 rings (SSSR count). The lowest BCUT2D eigenvalue weighted by Gasteiger charge is -2.38. The topological polar surface area (TPSA) is 55.8 Å². The third-order valence-electron chi connectivity index (χ3n) is 2.99. The fourth-order valence-corrected chi connectivity index (χ4v) is 2.29. The van der Waals surface area contributed by atoms with Crippen LogP contribution in [0.25, 0.3) is 0 Å². The first-order chi connectivity index (χ1) is 9.70. The van der Waals surface area contributed by atoms with Crippen LogP contribution in [0.4, 0.5) is 5.69 Å². The maximum absolute atomic E-state index is 12.5. The predicted molar refractivity (Wildman–Crippen MR) is 79.7 cm³/mol. The van der Waals surface area contributed by atoms with E-state index in [4.69, 9.17) is 21.1 Å². The number of esters is 1. The lowest BCUT2D eigenvalue weighted by molar-refractivity contribution is -0.147. The summed E-state index contributed by atoms with van der Waals surface area (Å²) in [6, 6.07) is 4.97. The first-order valence-electron chi connectivity index (χ1n) is 6.71. The maximum atomic E-state index is 12.5. The molecule has 1 heterocycles. The molecule has 0 atom stereocenters. The van der Waals surface area contributed by atoms with E-state index < -0.39 is 11.6 Å². The van der Waals surface area contributed by atoms with E-state index in [-0.39, 0.29) is 18.6 Å². The van der Waals surface area contributed by atoms with Crippen LogP contribution >= 0.6 is 11.6 Å². The van der Waals surface area contributed by atoms with Crippen LogP contribution in [-0.4, -0.2) is 30.1 Å². The van der Waals surface area contributed by atoms with Crippen molar-refractivity contribution in [2.45, 2.75) is 39.4 Å². The second-order valence-corrected chi connectivity index (χ2v) is 6.09. The molecule has 1 aromatic carbocycles. The molecule has 6 heteroatoms. The zero-order valence-corrected chi connectivity index (χ0v) is 13.2. The van der Waals surface area contributed by atoms with Crippen LogP contribution < -0.4 is 9.64 Å². The molecule has 0 saturated carbocycles. The molecular weight excluding hydrogens is 294 g/mol. The van der Waals surface area contributed by atoms with E-state index in [9.17, 15) is 9.59 Å². The highest BCUT2D eigenvalue weighted by atomic mass is 35.5. The summed E-state index contributed by atoms with van der Waals surface area (Å²) in [6.07, 6.45) is -0.236. The largest absolute Gasteiger partial charge is 0.476 e. The van der Waals surface area contributed by atoms with Crippen molar-refractivity contribution >= 4 is 29.2 Å². The summed E-state index contributed by atoms with van der Waals surface area (Å²) >= 11 is 5.97. The Balaban J connectivity index is 2.36. The van der Waals surface area contributed by atoms with Crippen molar-refractivity contribution in [1.82, 2.24) is 0 Å². The molecule has 1 amide bonds. The number of carbonyl (C=O) groups is 2. The third-order valence-corrected chi connectivity index (χ3v) is 3.23. The van der Waals surface area contributed by atoms with Crippen LogP contribution in [0.1, 0.15) is 27.7 Å². The van der Waals surface area contributed by atoms with Gasteiger partial charge in [0.1, 0.15) is 12.3 Å². The lowest BCUT2D eigenvalue weighted by Crippen LogP contribution is -2.54. The van der Waals surface area contributed by atoms with E-state index in [1.807, 2.05) is 0 Å². The molecule has 114 valence electrons. The smallest absolute Gasteiger partial charge is 0.326 e. The number of nitrogens with zero attached hydrogens (tertiary/aromatic N) is 1. The fourth-order valence-electron chi connectivity index (χ4n) is 2.13. The van der Waals surface area contributed by atoms with Gasteiger partial charge < -0.3 is 9.47 Å². The van der Waals surface area contributed by atoms with Gasteiger partial charge in [0.25, 0.3) is 5.91 Å². The number of amides is 1. The lowest BCUT2D eigenvalue weighted by atomic mass is 10.0. The highest BCUT2D eigenvalue weighted by Crippen LogP contribution is 2.39. The highest BCUT2D eigenvalue weighted by molar-refractivity contribution is 6.31. The van der Waals surface area contributed by atoms with Gasteiger partial charge in [-0.05, 0) is 45.9 Å². The molecule has 1 aromatic rings. The SMILES string of the molecule is CC(C)OC(=O)CN1C(=O)C(C)(C)Oc2ccc(Cl)cc21. The molecule has 0 N–H and O–H groups in total. The number of carbonyl (C=O) groups excluding carboxylic acids is 2. The van der Waals surface area contributed by atoms with Crippen LogP contribution in [0.2, 0.25) is 5.02 Å². The molecule has 1 aliphatic rings. The van der Waals surface area contributed by atoms with Gasteiger partial charge in [-0.2, -0.15) is 0 Å². The van der Waals surface area contributed by atoms with Gasteiger partial charge >= 0.3 is 5.97 Å².